The molecule has 0 bridgehead atoms. The third-order valence-electron chi connectivity index (χ3n) is 2.99. The van der Waals surface area contributed by atoms with E-state index in [1.807, 2.05) is 0 Å². The van der Waals surface area contributed by atoms with Crippen LogP contribution in [0.25, 0.3) is 0 Å². The molecule has 0 unspecified atom stereocenters. The van der Waals surface area contributed by atoms with Gasteiger partial charge in [0.25, 0.3) is 5.91 Å². The maximum atomic E-state index is 11.6. The largest absolute Gasteiger partial charge is 0.375 e. The molecule has 2 rings (SSSR count). The molecule has 0 radical (unpaired) electrons. The van der Waals surface area contributed by atoms with Crippen LogP contribution in [0, 0.1) is 5.41 Å². The number of rotatable bonds is 3. The fourth-order valence-electron chi connectivity index (χ4n) is 1.73. The zero-order valence-electron chi connectivity index (χ0n) is 8.75. The average molecular weight is 225 g/mol. The predicted molar refractivity (Wildman–Crippen MR) is 60.8 cm³/mol. The third kappa shape index (κ3) is 2.28. The van der Waals surface area contributed by atoms with Crippen molar-refractivity contribution in [2.75, 3.05) is 12.3 Å². The molecular formula is C10H15N3OS. The van der Waals surface area contributed by atoms with Crippen molar-refractivity contribution < 1.29 is 4.79 Å². The number of amides is 1. The maximum Gasteiger partial charge on any atom is 0.270 e. The van der Waals surface area contributed by atoms with Gasteiger partial charge in [-0.25, -0.2) is 4.98 Å². The second-order valence-corrected chi connectivity index (χ2v) is 5.31. The molecule has 1 fully saturated rings. The molecule has 0 saturated heterocycles. The zero-order chi connectivity index (χ0) is 10.9. The summed E-state index contributed by atoms with van der Waals surface area (Å²) in [6, 6.07) is 0. The molecule has 0 spiro atoms. The van der Waals surface area contributed by atoms with Crippen molar-refractivity contribution in [3.8, 4) is 0 Å². The van der Waals surface area contributed by atoms with E-state index in [0.717, 1.165) is 6.54 Å². The van der Waals surface area contributed by atoms with Crippen LogP contribution in [0.15, 0.2) is 5.38 Å². The van der Waals surface area contributed by atoms with E-state index in [-0.39, 0.29) is 5.91 Å². The molecule has 1 heterocycles. The minimum atomic E-state index is -0.115. The molecular weight excluding hydrogens is 210 g/mol. The second-order valence-electron chi connectivity index (χ2n) is 4.42. The van der Waals surface area contributed by atoms with Crippen molar-refractivity contribution in [1.82, 2.24) is 10.3 Å². The Morgan fingerprint density at radius 2 is 2.47 bits per heavy atom. The van der Waals surface area contributed by atoms with Crippen LogP contribution in [0.4, 0.5) is 5.13 Å². The SMILES string of the molecule is CC1(CNC(=O)c2csc(N)n2)CCC1. The molecule has 1 aliphatic carbocycles. The predicted octanol–water partition coefficient (Wildman–Crippen LogP) is 1.65. The van der Waals surface area contributed by atoms with Gasteiger partial charge in [0, 0.05) is 11.9 Å². The lowest BCUT2D eigenvalue weighted by Crippen LogP contribution is -2.40. The highest BCUT2D eigenvalue weighted by atomic mass is 32.1. The number of aromatic nitrogens is 1. The van der Waals surface area contributed by atoms with Crippen molar-refractivity contribution in [1.29, 1.82) is 0 Å². The molecule has 1 aromatic heterocycles. The number of thiazole rings is 1. The van der Waals surface area contributed by atoms with Gasteiger partial charge in [0.05, 0.1) is 0 Å². The lowest BCUT2D eigenvalue weighted by molar-refractivity contribution is 0.0886. The number of carbonyl (C=O) groups excluding carboxylic acids is 1. The molecule has 4 nitrogen and oxygen atoms in total. The fraction of sp³-hybridized carbons (Fsp3) is 0.600. The highest BCUT2D eigenvalue weighted by Gasteiger charge is 2.32. The first kappa shape index (κ1) is 10.4. The Hall–Kier alpha value is -1.10. The van der Waals surface area contributed by atoms with Crippen molar-refractivity contribution in [3.63, 3.8) is 0 Å². The van der Waals surface area contributed by atoms with E-state index >= 15 is 0 Å². The number of carbonyl (C=O) groups is 1. The van der Waals surface area contributed by atoms with E-state index in [0.29, 0.717) is 16.2 Å². The Morgan fingerprint density at radius 3 is 2.93 bits per heavy atom. The number of hydrogen-bond donors (Lipinski definition) is 2. The summed E-state index contributed by atoms with van der Waals surface area (Å²) in [6.45, 7) is 2.94. The van der Waals surface area contributed by atoms with Crippen molar-refractivity contribution in [2.24, 2.45) is 5.41 Å². The van der Waals surface area contributed by atoms with Crippen LogP contribution in [-0.4, -0.2) is 17.4 Å². The minimum absolute atomic E-state index is 0.115. The zero-order valence-corrected chi connectivity index (χ0v) is 9.56. The molecule has 1 aliphatic rings. The highest BCUT2D eigenvalue weighted by Crippen LogP contribution is 2.39. The van der Waals surface area contributed by atoms with Crippen LogP contribution >= 0.6 is 11.3 Å². The minimum Gasteiger partial charge on any atom is -0.375 e. The van der Waals surface area contributed by atoms with E-state index < -0.39 is 0 Å². The van der Waals surface area contributed by atoms with Crippen LogP contribution in [0.3, 0.4) is 0 Å². The summed E-state index contributed by atoms with van der Waals surface area (Å²) in [7, 11) is 0. The van der Waals surface area contributed by atoms with Crippen LogP contribution in [0.1, 0.15) is 36.7 Å². The van der Waals surface area contributed by atoms with Gasteiger partial charge >= 0.3 is 0 Å². The molecule has 0 aromatic carbocycles. The quantitative estimate of drug-likeness (QED) is 0.821. The van der Waals surface area contributed by atoms with Crippen molar-refractivity contribution in [2.45, 2.75) is 26.2 Å². The Balaban J connectivity index is 1.87. The van der Waals surface area contributed by atoms with E-state index in [1.54, 1.807) is 5.38 Å². The van der Waals surface area contributed by atoms with Crippen molar-refractivity contribution in [3.05, 3.63) is 11.1 Å². The molecule has 0 atom stereocenters. The van der Waals surface area contributed by atoms with Gasteiger partial charge in [0.2, 0.25) is 0 Å². The van der Waals surface area contributed by atoms with E-state index in [9.17, 15) is 4.79 Å². The Morgan fingerprint density at radius 1 is 1.73 bits per heavy atom. The van der Waals surface area contributed by atoms with Gasteiger partial charge in [-0.2, -0.15) is 0 Å². The topological polar surface area (TPSA) is 68.0 Å². The van der Waals surface area contributed by atoms with Gasteiger partial charge in [-0.3, -0.25) is 4.79 Å². The first-order chi connectivity index (χ1) is 7.09. The summed E-state index contributed by atoms with van der Waals surface area (Å²) < 4.78 is 0. The number of nitrogen functional groups attached to an aromatic ring is 1. The normalized spacial score (nSPS) is 18.2. The number of nitrogens with one attached hydrogen (secondary N) is 1. The molecule has 1 aromatic rings. The summed E-state index contributed by atoms with van der Waals surface area (Å²) in [5, 5.41) is 5.03. The summed E-state index contributed by atoms with van der Waals surface area (Å²) in [5.74, 6) is -0.115. The smallest absolute Gasteiger partial charge is 0.270 e. The lowest BCUT2D eigenvalue weighted by atomic mass is 9.70. The lowest BCUT2D eigenvalue weighted by Gasteiger charge is -2.38. The molecule has 82 valence electrons. The molecule has 1 saturated carbocycles. The standard InChI is InChI=1S/C10H15N3OS/c1-10(3-2-4-10)6-12-8(14)7-5-15-9(11)13-7/h5H,2-4,6H2,1H3,(H2,11,13)(H,12,14). The third-order valence-corrected chi connectivity index (χ3v) is 3.66. The molecule has 3 N–H and O–H groups in total. The van der Waals surface area contributed by atoms with E-state index in [4.69, 9.17) is 5.73 Å². The van der Waals surface area contributed by atoms with Crippen molar-refractivity contribution >= 4 is 22.4 Å². The van der Waals surface area contributed by atoms with E-state index in [2.05, 4.69) is 17.2 Å². The van der Waals surface area contributed by atoms with Gasteiger partial charge < -0.3 is 11.1 Å². The van der Waals surface area contributed by atoms with E-state index in [1.165, 1.54) is 30.6 Å². The van der Waals surface area contributed by atoms with Crippen LogP contribution in [-0.2, 0) is 0 Å². The summed E-state index contributed by atoms with van der Waals surface area (Å²) in [6.07, 6.45) is 3.68. The molecule has 5 heteroatoms. The van der Waals surface area contributed by atoms with Gasteiger partial charge in [0.15, 0.2) is 5.13 Å². The number of nitrogens with zero attached hydrogens (tertiary/aromatic N) is 1. The Kier molecular flexibility index (Phi) is 2.65. The number of nitrogens with two attached hydrogens (primary N) is 1. The summed E-state index contributed by atoms with van der Waals surface area (Å²) >= 11 is 1.29. The van der Waals surface area contributed by atoms with Crippen LogP contribution in [0.2, 0.25) is 0 Å². The maximum absolute atomic E-state index is 11.6. The summed E-state index contributed by atoms with van der Waals surface area (Å²) in [4.78, 5) is 15.6. The number of hydrogen-bond acceptors (Lipinski definition) is 4. The first-order valence-corrected chi connectivity index (χ1v) is 5.96. The Bertz CT molecular complexity index is 370. The molecule has 1 amide bonds. The molecule has 0 aliphatic heterocycles. The molecule has 15 heavy (non-hydrogen) atoms. The van der Waals surface area contributed by atoms with Gasteiger partial charge in [0.1, 0.15) is 5.69 Å². The van der Waals surface area contributed by atoms with Crippen LogP contribution in [0.5, 0.6) is 0 Å². The van der Waals surface area contributed by atoms with Gasteiger partial charge in [-0.05, 0) is 18.3 Å². The van der Waals surface area contributed by atoms with Gasteiger partial charge in [-0.1, -0.05) is 13.3 Å². The highest BCUT2D eigenvalue weighted by molar-refractivity contribution is 7.13. The van der Waals surface area contributed by atoms with Gasteiger partial charge in [-0.15, -0.1) is 11.3 Å². The second kappa shape index (κ2) is 3.81. The average Bonchev–Trinajstić information content (AvgIpc) is 2.58. The monoisotopic (exact) mass is 225 g/mol. The number of anilines is 1. The summed E-state index contributed by atoms with van der Waals surface area (Å²) in [5.41, 5.74) is 6.20. The fourth-order valence-corrected chi connectivity index (χ4v) is 2.28. The Labute approximate surface area is 92.9 Å². The first-order valence-electron chi connectivity index (χ1n) is 5.08. The van der Waals surface area contributed by atoms with Crippen LogP contribution < -0.4 is 11.1 Å².